The molecule has 0 bridgehead atoms. The molecule has 3 aromatic rings. The molecular formula is C20H17ClN2O4. The second-order valence-electron chi connectivity index (χ2n) is 5.93. The fraction of sp³-hybridized carbons (Fsp3) is 0.150. The zero-order valence-electron chi connectivity index (χ0n) is 14.5. The molecule has 0 saturated heterocycles. The van der Waals surface area contributed by atoms with Gasteiger partial charge in [-0.3, -0.25) is 14.4 Å². The van der Waals surface area contributed by atoms with Crippen molar-refractivity contribution in [1.29, 1.82) is 0 Å². The lowest BCUT2D eigenvalue weighted by Crippen LogP contribution is -2.32. The molecule has 0 aliphatic rings. The van der Waals surface area contributed by atoms with Crippen LogP contribution in [0.25, 0.3) is 10.8 Å². The van der Waals surface area contributed by atoms with Gasteiger partial charge in [-0.25, -0.2) is 0 Å². The van der Waals surface area contributed by atoms with Crippen molar-refractivity contribution in [1.82, 2.24) is 10.3 Å². The van der Waals surface area contributed by atoms with Crippen LogP contribution in [0.4, 0.5) is 0 Å². The number of nitrogens with one attached hydrogen (secondary N) is 2. The number of hydrogen-bond acceptors (Lipinski definition) is 4. The van der Waals surface area contributed by atoms with Crippen molar-refractivity contribution >= 4 is 34.2 Å². The maximum Gasteiger partial charge on any atom is 0.307 e. The Morgan fingerprint density at radius 1 is 1.15 bits per heavy atom. The Morgan fingerprint density at radius 3 is 2.59 bits per heavy atom. The van der Waals surface area contributed by atoms with Crippen molar-refractivity contribution in [3.05, 3.63) is 81.2 Å². The van der Waals surface area contributed by atoms with Crippen molar-refractivity contribution in [3.63, 3.8) is 0 Å². The highest BCUT2D eigenvalue weighted by atomic mass is 35.5. The van der Waals surface area contributed by atoms with Crippen molar-refractivity contribution < 1.29 is 14.3 Å². The number of aromatic nitrogens is 1. The summed E-state index contributed by atoms with van der Waals surface area (Å²) in [5.41, 5.74) is 0.321. The van der Waals surface area contributed by atoms with Crippen LogP contribution in [-0.4, -0.2) is 24.0 Å². The van der Waals surface area contributed by atoms with Gasteiger partial charge in [0.2, 0.25) is 0 Å². The fourth-order valence-electron chi connectivity index (χ4n) is 2.82. The number of halogens is 1. The Labute approximate surface area is 160 Å². The van der Waals surface area contributed by atoms with Crippen molar-refractivity contribution in [2.24, 2.45) is 0 Å². The first-order valence-electron chi connectivity index (χ1n) is 8.23. The van der Waals surface area contributed by atoms with Crippen LogP contribution in [0.5, 0.6) is 0 Å². The predicted molar refractivity (Wildman–Crippen MR) is 103 cm³/mol. The van der Waals surface area contributed by atoms with Gasteiger partial charge in [0.05, 0.1) is 19.6 Å². The summed E-state index contributed by atoms with van der Waals surface area (Å²) in [7, 11) is 1.27. The summed E-state index contributed by atoms with van der Waals surface area (Å²) in [6.45, 7) is 0. The molecule has 7 heteroatoms. The van der Waals surface area contributed by atoms with Gasteiger partial charge in [-0.2, -0.15) is 0 Å². The van der Waals surface area contributed by atoms with Gasteiger partial charge < -0.3 is 15.0 Å². The standard InChI is InChI=1S/C20H17ClN2O4/c1-27-18(24)11-16(14-8-4-5-9-15(14)21)22-20(26)17-10-12-6-2-3-7-13(12)19(25)23-17/h2-10,16H,11H2,1H3,(H,22,26)(H,23,25). The summed E-state index contributed by atoms with van der Waals surface area (Å²) >= 11 is 6.22. The highest BCUT2D eigenvalue weighted by molar-refractivity contribution is 6.31. The number of fused-ring (bicyclic) bond motifs is 1. The van der Waals surface area contributed by atoms with Gasteiger partial charge >= 0.3 is 5.97 Å². The molecule has 6 nitrogen and oxygen atoms in total. The topological polar surface area (TPSA) is 88.3 Å². The molecule has 0 aliphatic heterocycles. The van der Waals surface area contributed by atoms with Crippen LogP contribution in [0.3, 0.4) is 0 Å². The Hall–Kier alpha value is -3.12. The molecule has 1 atom stereocenters. The third-order valence-electron chi connectivity index (χ3n) is 4.18. The number of esters is 1. The summed E-state index contributed by atoms with van der Waals surface area (Å²) < 4.78 is 4.71. The summed E-state index contributed by atoms with van der Waals surface area (Å²) in [6, 6.07) is 14.8. The molecule has 0 radical (unpaired) electrons. The van der Waals surface area contributed by atoms with Gasteiger partial charge in [0.15, 0.2) is 0 Å². The van der Waals surface area contributed by atoms with Gasteiger partial charge in [-0.15, -0.1) is 0 Å². The van der Waals surface area contributed by atoms with Gasteiger partial charge in [-0.1, -0.05) is 48.0 Å². The Bertz CT molecular complexity index is 1060. The van der Waals surface area contributed by atoms with Crippen molar-refractivity contribution in [2.75, 3.05) is 7.11 Å². The average Bonchev–Trinajstić information content (AvgIpc) is 2.67. The third-order valence-corrected chi connectivity index (χ3v) is 4.53. The first-order valence-corrected chi connectivity index (χ1v) is 8.61. The molecule has 0 saturated carbocycles. The quantitative estimate of drug-likeness (QED) is 0.661. The van der Waals surface area contributed by atoms with Crippen LogP contribution < -0.4 is 10.9 Å². The molecular weight excluding hydrogens is 368 g/mol. The summed E-state index contributed by atoms with van der Waals surface area (Å²) in [5.74, 6) is -1.01. The minimum absolute atomic E-state index is 0.0935. The van der Waals surface area contributed by atoms with E-state index in [1.165, 1.54) is 7.11 Å². The number of methoxy groups -OCH3 is 1. The summed E-state index contributed by atoms with van der Waals surface area (Å²) in [4.78, 5) is 39.3. The lowest BCUT2D eigenvalue weighted by atomic mass is 10.0. The molecule has 1 aromatic heterocycles. The SMILES string of the molecule is COC(=O)CC(NC(=O)c1cc2ccccc2c(=O)[nH]1)c1ccccc1Cl. The van der Waals surface area contributed by atoms with Gasteiger partial charge in [0, 0.05) is 10.4 Å². The largest absolute Gasteiger partial charge is 0.469 e. The summed E-state index contributed by atoms with van der Waals surface area (Å²) in [5, 5.41) is 4.31. The normalized spacial score (nSPS) is 11.8. The van der Waals surface area contributed by atoms with E-state index in [1.54, 1.807) is 54.6 Å². The second kappa shape index (κ2) is 8.05. The predicted octanol–water partition coefficient (Wildman–Crippen LogP) is 3.22. The summed E-state index contributed by atoms with van der Waals surface area (Å²) in [6.07, 6.45) is -0.0935. The Kier molecular flexibility index (Phi) is 5.57. The second-order valence-corrected chi connectivity index (χ2v) is 6.33. The molecule has 3 rings (SSSR count). The lowest BCUT2D eigenvalue weighted by Gasteiger charge is -2.19. The number of pyridine rings is 1. The monoisotopic (exact) mass is 384 g/mol. The first kappa shape index (κ1) is 18.7. The number of benzene rings is 2. The van der Waals surface area contributed by atoms with E-state index in [2.05, 4.69) is 10.3 Å². The van der Waals surface area contributed by atoms with Crippen molar-refractivity contribution in [2.45, 2.75) is 12.5 Å². The molecule has 1 amide bonds. The number of ether oxygens (including phenoxy) is 1. The number of carbonyl (C=O) groups is 2. The Morgan fingerprint density at radius 2 is 1.85 bits per heavy atom. The molecule has 2 aromatic carbocycles. The van der Waals surface area contributed by atoms with Gasteiger partial charge in [-0.05, 0) is 29.1 Å². The number of hydrogen-bond donors (Lipinski definition) is 2. The number of H-pyrrole nitrogens is 1. The number of rotatable bonds is 5. The molecule has 2 N–H and O–H groups in total. The molecule has 0 spiro atoms. The van der Waals surface area contributed by atoms with Crippen molar-refractivity contribution in [3.8, 4) is 0 Å². The van der Waals surface area contributed by atoms with E-state index in [-0.39, 0.29) is 17.7 Å². The van der Waals surface area contributed by atoms with Crippen LogP contribution in [0.15, 0.2) is 59.4 Å². The van der Waals surface area contributed by atoms with E-state index >= 15 is 0 Å². The van der Waals surface area contributed by atoms with Gasteiger partial charge in [0.25, 0.3) is 11.5 Å². The Balaban J connectivity index is 1.94. The molecule has 0 fully saturated rings. The number of aromatic amines is 1. The fourth-order valence-corrected chi connectivity index (χ4v) is 3.08. The average molecular weight is 385 g/mol. The molecule has 1 heterocycles. The van der Waals surface area contributed by atoms with Crippen LogP contribution in [0, 0.1) is 0 Å². The van der Waals surface area contributed by atoms with Crippen LogP contribution >= 0.6 is 11.6 Å². The molecule has 1 unspecified atom stereocenters. The highest BCUT2D eigenvalue weighted by Gasteiger charge is 2.22. The zero-order chi connectivity index (χ0) is 19.4. The van der Waals surface area contributed by atoms with E-state index < -0.39 is 17.9 Å². The van der Waals surface area contributed by atoms with Gasteiger partial charge in [0.1, 0.15) is 5.69 Å². The lowest BCUT2D eigenvalue weighted by molar-refractivity contribution is -0.141. The smallest absolute Gasteiger partial charge is 0.307 e. The molecule has 138 valence electrons. The number of amides is 1. The third kappa shape index (κ3) is 4.17. The number of carbonyl (C=O) groups excluding carboxylic acids is 2. The van der Waals surface area contributed by atoms with Crippen LogP contribution in [0.1, 0.15) is 28.5 Å². The molecule has 0 aliphatic carbocycles. The van der Waals surface area contributed by atoms with E-state index in [4.69, 9.17) is 16.3 Å². The van der Waals surface area contributed by atoms with Crippen LogP contribution in [0.2, 0.25) is 5.02 Å². The van der Waals surface area contributed by atoms with Crippen LogP contribution in [-0.2, 0) is 9.53 Å². The molecule has 27 heavy (non-hydrogen) atoms. The zero-order valence-corrected chi connectivity index (χ0v) is 15.2. The van der Waals surface area contributed by atoms with E-state index in [9.17, 15) is 14.4 Å². The van der Waals surface area contributed by atoms with E-state index in [0.717, 1.165) is 0 Å². The minimum Gasteiger partial charge on any atom is -0.469 e. The van der Waals surface area contributed by atoms with E-state index in [1.807, 2.05) is 0 Å². The van der Waals surface area contributed by atoms with E-state index in [0.29, 0.717) is 21.4 Å². The minimum atomic E-state index is -0.700. The maximum atomic E-state index is 12.7. The first-order chi connectivity index (χ1) is 13.0. The highest BCUT2D eigenvalue weighted by Crippen LogP contribution is 2.26. The maximum absolute atomic E-state index is 12.7.